The van der Waals surface area contributed by atoms with Crippen LogP contribution in [0.1, 0.15) is 0 Å². The molecule has 0 unspecified atom stereocenters. The molecule has 0 bridgehead atoms. The first-order valence-electron chi connectivity index (χ1n) is 5.52. The van der Waals surface area contributed by atoms with Crippen molar-refractivity contribution in [3.63, 3.8) is 0 Å². The Morgan fingerprint density at radius 3 is 2.94 bits per heavy atom. The lowest BCUT2D eigenvalue weighted by Crippen LogP contribution is -2.36. The Hall–Kier alpha value is -1.92. The largest absolute Gasteiger partial charge is 0.354 e. The predicted molar refractivity (Wildman–Crippen MR) is 66.3 cm³/mol. The number of methoxy groups -OCH3 is 2. The summed E-state index contributed by atoms with van der Waals surface area (Å²) in [5.74, 6) is 0. The van der Waals surface area contributed by atoms with Crippen LogP contribution in [0.5, 0.6) is 0 Å². The molecular formula is C12H15N3O3. The lowest BCUT2D eigenvalue weighted by Gasteiger charge is -2.14. The second-order valence-electron chi connectivity index (χ2n) is 3.69. The molecule has 6 nitrogen and oxygen atoms in total. The van der Waals surface area contributed by atoms with Crippen molar-refractivity contribution in [3.8, 4) is 0 Å². The molecule has 18 heavy (non-hydrogen) atoms. The third kappa shape index (κ3) is 2.49. The van der Waals surface area contributed by atoms with Crippen molar-refractivity contribution in [1.29, 1.82) is 0 Å². The van der Waals surface area contributed by atoms with Crippen LogP contribution in [0.25, 0.3) is 11.0 Å². The van der Waals surface area contributed by atoms with Crippen LogP contribution in [0.15, 0.2) is 30.6 Å². The van der Waals surface area contributed by atoms with Gasteiger partial charge in [0, 0.05) is 32.0 Å². The van der Waals surface area contributed by atoms with Crippen molar-refractivity contribution in [2.24, 2.45) is 0 Å². The van der Waals surface area contributed by atoms with E-state index in [4.69, 9.17) is 9.47 Å². The van der Waals surface area contributed by atoms with E-state index in [2.05, 4.69) is 10.3 Å². The maximum absolute atomic E-state index is 12.0. The molecule has 0 radical (unpaired) electrons. The summed E-state index contributed by atoms with van der Waals surface area (Å²) < 4.78 is 11.4. The standard InChI is InChI=1S/C12H15N3O3/c1-17-10(18-2)8-14-12(16)15-7-5-9-4-3-6-13-11(9)15/h3-7,10H,8H2,1-2H3,(H,14,16). The molecule has 0 aliphatic heterocycles. The summed E-state index contributed by atoms with van der Waals surface area (Å²) in [7, 11) is 3.04. The number of hydrogen-bond acceptors (Lipinski definition) is 4. The first-order chi connectivity index (χ1) is 8.76. The molecule has 2 aromatic rings. The number of fused-ring (bicyclic) bond motifs is 1. The van der Waals surface area contributed by atoms with Crippen molar-refractivity contribution in [2.45, 2.75) is 6.29 Å². The van der Waals surface area contributed by atoms with Gasteiger partial charge < -0.3 is 14.8 Å². The molecule has 0 aromatic carbocycles. The van der Waals surface area contributed by atoms with Gasteiger partial charge in [-0.05, 0) is 18.2 Å². The Morgan fingerprint density at radius 1 is 1.44 bits per heavy atom. The van der Waals surface area contributed by atoms with Crippen LogP contribution >= 0.6 is 0 Å². The minimum atomic E-state index is -0.455. The van der Waals surface area contributed by atoms with Crippen LogP contribution in [0.4, 0.5) is 4.79 Å². The number of carbonyl (C=O) groups excluding carboxylic acids is 1. The smallest absolute Gasteiger partial charge is 0.327 e. The first kappa shape index (κ1) is 12.5. The van der Waals surface area contributed by atoms with E-state index in [0.717, 1.165) is 5.39 Å². The highest BCUT2D eigenvalue weighted by Crippen LogP contribution is 2.11. The second kappa shape index (κ2) is 5.61. The second-order valence-corrected chi connectivity index (χ2v) is 3.69. The van der Waals surface area contributed by atoms with Crippen molar-refractivity contribution < 1.29 is 14.3 Å². The van der Waals surface area contributed by atoms with Crippen molar-refractivity contribution in [2.75, 3.05) is 20.8 Å². The van der Waals surface area contributed by atoms with Crippen LogP contribution in [0.3, 0.4) is 0 Å². The third-order valence-corrected chi connectivity index (χ3v) is 2.61. The van der Waals surface area contributed by atoms with Gasteiger partial charge in [0.1, 0.15) is 5.65 Å². The molecule has 6 heteroatoms. The number of ether oxygens (including phenoxy) is 2. The van der Waals surface area contributed by atoms with Gasteiger partial charge in [-0.2, -0.15) is 0 Å². The summed E-state index contributed by atoms with van der Waals surface area (Å²) in [5, 5.41) is 3.63. The molecule has 0 fully saturated rings. The van der Waals surface area contributed by atoms with Gasteiger partial charge in [0.15, 0.2) is 6.29 Å². The lowest BCUT2D eigenvalue weighted by atomic mass is 10.3. The number of nitrogens with one attached hydrogen (secondary N) is 1. The summed E-state index contributed by atoms with van der Waals surface area (Å²) in [6, 6.07) is 5.31. The number of aromatic nitrogens is 2. The molecule has 1 amide bonds. The summed E-state index contributed by atoms with van der Waals surface area (Å²) in [5.41, 5.74) is 0.626. The zero-order valence-corrected chi connectivity index (χ0v) is 10.3. The first-order valence-corrected chi connectivity index (χ1v) is 5.52. The number of hydrogen-bond donors (Lipinski definition) is 1. The van der Waals surface area contributed by atoms with Gasteiger partial charge in [0.25, 0.3) is 0 Å². The van der Waals surface area contributed by atoms with Gasteiger partial charge in [-0.1, -0.05) is 0 Å². The van der Waals surface area contributed by atoms with Crippen LogP contribution in [-0.4, -0.2) is 42.6 Å². The molecule has 0 saturated carbocycles. The van der Waals surface area contributed by atoms with Crippen LogP contribution < -0.4 is 5.32 Å². The molecular weight excluding hydrogens is 234 g/mol. The van der Waals surface area contributed by atoms with Crippen molar-refractivity contribution in [3.05, 3.63) is 30.6 Å². The molecule has 0 aliphatic carbocycles. The van der Waals surface area contributed by atoms with Gasteiger partial charge in [-0.25, -0.2) is 9.78 Å². The third-order valence-electron chi connectivity index (χ3n) is 2.61. The van der Waals surface area contributed by atoms with Gasteiger partial charge in [0.2, 0.25) is 0 Å². The lowest BCUT2D eigenvalue weighted by molar-refractivity contribution is -0.0971. The fourth-order valence-electron chi connectivity index (χ4n) is 1.65. The topological polar surface area (TPSA) is 65.4 Å². The Bertz CT molecular complexity index is 534. The van der Waals surface area contributed by atoms with E-state index in [1.807, 2.05) is 18.2 Å². The summed E-state index contributed by atoms with van der Waals surface area (Å²) >= 11 is 0. The quantitative estimate of drug-likeness (QED) is 0.827. The maximum Gasteiger partial charge on any atom is 0.327 e. The maximum atomic E-state index is 12.0. The number of carbonyl (C=O) groups is 1. The van der Waals surface area contributed by atoms with Crippen LogP contribution in [0.2, 0.25) is 0 Å². The van der Waals surface area contributed by atoms with Crippen molar-refractivity contribution in [1.82, 2.24) is 14.9 Å². The van der Waals surface area contributed by atoms with Gasteiger partial charge in [-0.15, -0.1) is 0 Å². The fourth-order valence-corrected chi connectivity index (χ4v) is 1.65. The zero-order valence-electron chi connectivity index (χ0n) is 10.3. The van der Waals surface area contributed by atoms with Crippen LogP contribution in [0, 0.1) is 0 Å². The van der Waals surface area contributed by atoms with E-state index in [1.54, 1.807) is 12.4 Å². The summed E-state index contributed by atoms with van der Waals surface area (Å²) in [4.78, 5) is 16.1. The minimum absolute atomic E-state index is 0.261. The monoisotopic (exact) mass is 249 g/mol. The molecule has 0 atom stereocenters. The molecule has 0 aliphatic rings. The highest BCUT2D eigenvalue weighted by atomic mass is 16.7. The van der Waals surface area contributed by atoms with E-state index >= 15 is 0 Å². The normalized spacial score (nSPS) is 11.1. The van der Waals surface area contributed by atoms with E-state index in [0.29, 0.717) is 5.65 Å². The Kier molecular flexibility index (Phi) is 3.91. The highest BCUT2D eigenvalue weighted by molar-refractivity contribution is 5.89. The number of rotatable bonds is 4. The number of pyridine rings is 1. The Labute approximate surface area is 105 Å². The molecule has 2 heterocycles. The van der Waals surface area contributed by atoms with Crippen molar-refractivity contribution >= 4 is 17.1 Å². The van der Waals surface area contributed by atoms with Gasteiger partial charge >= 0.3 is 6.03 Å². The minimum Gasteiger partial charge on any atom is -0.354 e. The average Bonchev–Trinajstić information content (AvgIpc) is 2.83. The van der Waals surface area contributed by atoms with E-state index < -0.39 is 6.29 Å². The summed E-state index contributed by atoms with van der Waals surface area (Å²) in [6.45, 7) is 0.276. The molecule has 0 saturated heterocycles. The zero-order chi connectivity index (χ0) is 13.0. The fraction of sp³-hybridized carbons (Fsp3) is 0.333. The average molecular weight is 249 g/mol. The molecule has 1 N–H and O–H groups in total. The van der Waals surface area contributed by atoms with E-state index in [1.165, 1.54) is 18.8 Å². The number of amides is 1. The highest BCUT2D eigenvalue weighted by Gasteiger charge is 2.11. The molecule has 96 valence electrons. The van der Waals surface area contributed by atoms with E-state index in [-0.39, 0.29) is 12.6 Å². The van der Waals surface area contributed by atoms with E-state index in [9.17, 15) is 4.79 Å². The number of nitrogens with zero attached hydrogens (tertiary/aromatic N) is 2. The predicted octanol–water partition coefficient (Wildman–Crippen LogP) is 1.21. The Balaban J connectivity index is 2.09. The SMILES string of the molecule is COC(CNC(=O)n1ccc2cccnc21)OC. The van der Waals surface area contributed by atoms with Gasteiger partial charge in [0.05, 0.1) is 6.54 Å². The van der Waals surface area contributed by atoms with Crippen LogP contribution in [-0.2, 0) is 9.47 Å². The summed E-state index contributed by atoms with van der Waals surface area (Å²) in [6.07, 6.45) is 2.88. The van der Waals surface area contributed by atoms with Gasteiger partial charge in [-0.3, -0.25) is 4.57 Å². The molecule has 0 spiro atoms. The molecule has 2 rings (SSSR count). The Morgan fingerprint density at radius 2 is 2.22 bits per heavy atom. The molecule has 2 aromatic heterocycles.